The number of nitrogens with zero attached hydrogens (tertiary/aromatic N) is 5. The van der Waals surface area contributed by atoms with Gasteiger partial charge in [0, 0.05) is 11.7 Å². The fraction of sp³-hybridized carbons (Fsp3) is 0.381. The molecule has 0 saturated carbocycles. The van der Waals surface area contributed by atoms with E-state index in [0.29, 0.717) is 5.82 Å². The number of benzene rings is 1. The fourth-order valence-electron chi connectivity index (χ4n) is 3.26. The van der Waals surface area contributed by atoms with Crippen molar-refractivity contribution in [3.63, 3.8) is 0 Å². The summed E-state index contributed by atoms with van der Waals surface area (Å²) in [7, 11) is 0. The highest BCUT2D eigenvalue weighted by molar-refractivity contribution is 7.13. The largest absolute Gasteiger partial charge is 0.417 e. The second-order valence-electron chi connectivity index (χ2n) is 7.63. The molecule has 2 heterocycles. The van der Waals surface area contributed by atoms with Crippen LogP contribution in [0.1, 0.15) is 32.8 Å². The molecule has 2 aromatic heterocycles. The Kier molecular flexibility index (Phi) is 7.93. The standard InChI is InChI=1S/C21H22ClF3N6O2S/c1-4-16(20(33)26-12(2)3)31(13-7-8-15(22)14(10-13)21(23,24)25)18(32)11-30-28-19(27-29-30)17-6-5-9-34-17/h5-10,12,16H,4,11H2,1-3H3,(H,26,33)/t16-/m0/s1. The third-order valence-corrected chi connectivity index (χ3v) is 5.90. The Bertz CT molecular complexity index is 1150. The van der Waals surface area contributed by atoms with Gasteiger partial charge in [0.05, 0.1) is 15.5 Å². The van der Waals surface area contributed by atoms with E-state index in [2.05, 4.69) is 20.7 Å². The summed E-state index contributed by atoms with van der Waals surface area (Å²) in [6, 6.07) is 5.37. The van der Waals surface area contributed by atoms with Crippen molar-refractivity contribution in [1.82, 2.24) is 25.5 Å². The Morgan fingerprint density at radius 3 is 2.59 bits per heavy atom. The van der Waals surface area contributed by atoms with Crippen LogP contribution in [0.15, 0.2) is 35.7 Å². The van der Waals surface area contributed by atoms with Crippen molar-refractivity contribution < 1.29 is 22.8 Å². The number of aromatic nitrogens is 4. The molecule has 34 heavy (non-hydrogen) atoms. The summed E-state index contributed by atoms with van der Waals surface area (Å²) >= 11 is 7.15. The van der Waals surface area contributed by atoms with Gasteiger partial charge in [-0.05, 0) is 55.1 Å². The van der Waals surface area contributed by atoms with Crippen molar-refractivity contribution in [2.24, 2.45) is 0 Å². The number of hydrogen-bond donors (Lipinski definition) is 1. The van der Waals surface area contributed by atoms with E-state index in [1.165, 1.54) is 17.4 Å². The second-order valence-corrected chi connectivity index (χ2v) is 8.99. The van der Waals surface area contributed by atoms with Gasteiger partial charge in [-0.2, -0.15) is 18.0 Å². The number of rotatable bonds is 8. The zero-order valence-electron chi connectivity index (χ0n) is 18.5. The average molecular weight is 515 g/mol. The molecular weight excluding hydrogens is 493 g/mol. The Morgan fingerprint density at radius 2 is 2.00 bits per heavy atom. The van der Waals surface area contributed by atoms with Crippen LogP contribution in [0.4, 0.5) is 18.9 Å². The summed E-state index contributed by atoms with van der Waals surface area (Å²) in [5.74, 6) is -0.874. The summed E-state index contributed by atoms with van der Waals surface area (Å²) in [5, 5.41) is 16.0. The van der Waals surface area contributed by atoms with Gasteiger partial charge in [0.1, 0.15) is 12.6 Å². The number of amides is 2. The second kappa shape index (κ2) is 10.5. The van der Waals surface area contributed by atoms with E-state index in [-0.39, 0.29) is 18.2 Å². The maximum Gasteiger partial charge on any atom is 0.417 e. The van der Waals surface area contributed by atoms with E-state index in [1.54, 1.807) is 26.8 Å². The normalized spacial score (nSPS) is 12.6. The molecule has 1 N–H and O–H groups in total. The molecule has 2 amide bonds. The minimum absolute atomic E-state index is 0.119. The number of halogens is 4. The summed E-state index contributed by atoms with van der Waals surface area (Å²) < 4.78 is 40.5. The predicted molar refractivity (Wildman–Crippen MR) is 122 cm³/mol. The smallest absolute Gasteiger partial charge is 0.352 e. The minimum Gasteiger partial charge on any atom is -0.352 e. The summed E-state index contributed by atoms with van der Waals surface area (Å²) in [5.41, 5.74) is -1.23. The number of anilines is 1. The highest BCUT2D eigenvalue weighted by atomic mass is 35.5. The van der Waals surface area contributed by atoms with E-state index in [9.17, 15) is 22.8 Å². The van der Waals surface area contributed by atoms with Crippen molar-refractivity contribution in [1.29, 1.82) is 0 Å². The molecule has 13 heteroatoms. The van der Waals surface area contributed by atoms with Crippen LogP contribution in [-0.4, -0.2) is 44.1 Å². The lowest BCUT2D eigenvalue weighted by Crippen LogP contribution is -2.52. The Labute approximate surface area is 202 Å². The first-order valence-electron chi connectivity index (χ1n) is 10.3. The van der Waals surface area contributed by atoms with Crippen molar-refractivity contribution in [3.05, 3.63) is 46.3 Å². The van der Waals surface area contributed by atoms with E-state index < -0.39 is 41.2 Å². The molecule has 1 atom stereocenters. The van der Waals surface area contributed by atoms with E-state index in [4.69, 9.17) is 11.6 Å². The van der Waals surface area contributed by atoms with Crippen molar-refractivity contribution in [2.75, 3.05) is 4.90 Å². The van der Waals surface area contributed by atoms with Crippen molar-refractivity contribution in [3.8, 4) is 10.7 Å². The molecule has 0 saturated heterocycles. The highest BCUT2D eigenvalue weighted by Crippen LogP contribution is 2.37. The summed E-state index contributed by atoms with van der Waals surface area (Å²) in [4.78, 5) is 29.0. The summed E-state index contributed by atoms with van der Waals surface area (Å²) in [6.45, 7) is 4.71. The van der Waals surface area contributed by atoms with Gasteiger partial charge < -0.3 is 5.32 Å². The van der Waals surface area contributed by atoms with Gasteiger partial charge in [-0.3, -0.25) is 14.5 Å². The Balaban J connectivity index is 1.99. The molecule has 0 aliphatic rings. The SMILES string of the molecule is CC[C@@H](C(=O)NC(C)C)N(C(=O)Cn1nnc(-c2cccs2)n1)c1ccc(Cl)c(C(F)(F)F)c1. The molecule has 3 rings (SSSR count). The van der Waals surface area contributed by atoms with E-state index in [1.807, 2.05) is 11.4 Å². The lowest BCUT2D eigenvalue weighted by atomic mass is 10.1. The monoisotopic (exact) mass is 514 g/mol. The Morgan fingerprint density at radius 1 is 1.26 bits per heavy atom. The van der Waals surface area contributed by atoms with Crippen molar-refractivity contribution >= 4 is 40.4 Å². The number of tetrazole rings is 1. The maximum absolute atomic E-state index is 13.5. The number of carbonyl (C=O) groups excluding carboxylic acids is 2. The average Bonchev–Trinajstić information content (AvgIpc) is 3.43. The molecule has 8 nitrogen and oxygen atoms in total. The molecule has 0 radical (unpaired) electrons. The van der Waals surface area contributed by atoms with Gasteiger partial charge in [-0.1, -0.05) is 24.6 Å². The molecule has 0 fully saturated rings. The van der Waals surface area contributed by atoms with Gasteiger partial charge in [-0.25, -0.2) is 0 Å². The molecule has 1 aromatic carbocycles. The first kappa shape index (κ1) is 25.6. The van der Waals surface area contributed by atoms with Crippen LogP contribution < -0.4 is 10.2 Å². The number of carbonyl (C=O) groups is 2. The third-order valence-electron chi connectivity index (χ3n) is 4.71. The molecule has 182 valence electrons. The molecule has 0 spiro atoms. The molecule has 0 bridgehead atoms. The van der Waals surface area contributed by atoms with Gasteiger partial charge in [0.25, 0.3) is 5.91 Å². The quantitative estimate of drug-likeness (QED) is 0.480. The zero-order chi connectivity index (χ0) is 25.0. The number of nitrogens with one attached hydrogen (secondary N) is 1. The van der Waals surface area contributed by atoms with Crippen LogP contribution in [-0.2, 0) is 22.3 Å². The van der Waals surface area contributed by atoms with Gasteiger partial charge in [0.2, 0.25) is 11.7 Å². The molecule has 0 unspecified atom stereocenters. The topological polar surface area (TPSA) is 93.0 Å². The van der Waals surface area contributed by atoms with Crippen LogP contribution in [0.25, 0.3) is 10.7 Å². The van der Waals surface area contributed by atoms with Crippen LogP contribution in [0.5, 0.6) is 0 Å². The van der Waals surface area contributed by atoms with Gasteiger partial charge in [-0.15, -0.1) is 21.5 Å². The van der Waals surface area contributed by atoms with E-state index in [0.717, 1.165) is 26.7 Å². The lowest BCUT2D eigenvalue weighted by molar-refractivity contribution is -0.137. The van der Waals surface area contributed by atoms with Gasteiger partial charge >= 0.3 is 6.18 Å². The number of alkyl halides is 3. The lowest BCUT2D eigenvalue weighted by Gasteiger charge is -2.31. The first-order chi connectivity index (χ1) is 16.0. The summed E-state index contributed by atoms with van der Waals surface area (Å²) in [6.07, 6.45) is -4.59. The molecule has 3 aromatic rings. The number of hydrogen-bond acceptors (Lipinski definition) is 6. The number of thiophene rings is 1. The van der Waals surface area contributed by atoms with Crippen molar-refractivity contribution in [2.45, 2.75) is 52.0 Å². The predicted octanol–water partition coefficient (Wildman–Crippen LogP) is 4.41. The molecule has 0 aliphatic heterocycles. The maximum atomic E-state index is 13.5. The van der Waals surface area contributed by atoms with Gasteiger partial charge in [0.15, 0.2) is 0 Å². The van der Waals surface area contributed by atoms with Crippen LogP contribution in [0.3, 0.4) is 0 Å². The highest BCUT2D eigenvalue weighted by Gasteiger charge is 2.36. The Hall–Kier alpha value is -2.99. The zero-order valence-corrected chi connectivity index (χ0v) is 20.1. The van der Waals surface area contributed by atoms with Crippen LogP contribution >= 0.6 is 22.9 Å². The fourth-order valence-corrected chi connectivity index (χ4v) is 4.13. The molecular formula is C21H22ClF3N6O2S. The molecule has 0 aliphatic carbocycles. The van der Waals surface area contributed by atoms with Crippen LogP contribution in [0, 0.1) is 0 Å². The third kappa shape index (κ3) is 5.92. The van der Waals surface area contributed by atoms with Crippen LogP contribution in [0.2, 0.25) is 5.02 Å². The first-order valence-corrected chi connectivity index (χ1v) is 11.6. The van der Waals surface area contributed by atoms with E-state index >= 15 is 0 Å². The minimum atomic E-state index is -4.74.